The smallest absolute Gasteiger partial charge is 0.269 e. The van der Waals surface area contributed by atoms with Crippen molar-refractivity contribution in [2.45, 2.75) is 20.3 Å². The average Bonchev–Trinajstić information content (AvgIpc) is 3.26. The highest BCUT2D eigenvalue weighted by Gasteiger charge is 2.14. The molecule has 0 spiro atoms. The molecule has 0 aliphatic heterocycles. The van der Waals surface area contributed by atoms with Crippen LogP contribution in [0.3, 0.4) is 0 Å². The van der Waals surface area contributed by atoms with Crippen LogP contribution in [0.15, 0.2) is 54.0 Å². The molecule has 0 aliphatic carbocycles. The topological polar surface area (TPSA) is 89.5 Å². The number of fused-ring (bicyclic) bond motifs is 1. The molecule has 0 saturated carbocycles. The Kier molecular flexibility index (Phi) is 4.85. The maximum Gasteiger partial charge on any atom is 0.269 e. The van der Waals surface area contributed by atoms with Crippen LogP contribution in [-0.2, 0) is 11.2 Å². The second-order valence-corrected chi connectivity index (χ2v) is 7.69. The molecule has 2 heterocycles. The Morgan fingerprint density at radius 1 is 1.21 bits per heavy atom. The lowest BCUT2D eigenvalue weighted by Gasteiger charge is -2.08. The van der Waals surface area contributed by atoms with E-state index in [0.29, 0.717) is 11.3 Å². The van der Waals surface area contributed by atoms with Crippen LogP contribution in [0.1, 0.15) is 16.8 Å². The quantitative estimate of drug-likeness (QED) is 0.382. The molecule has 0 fully saturated rings. The van der Waals surface area contributed by atoms with E-state index in [4.69, 9.17) is 0 Å². The fourth-order valence-electron chi connectivity index (χ4n) is 3.08. The summed E-state index contributed by atoms with van der Waals surface area (Å²) in [6.45, 7) is 3.77. The number of rotatable bonds is 5. The number of imidazole rings is 1. The lowest BCUT2D eigenvalue weighted by Crippen LogP contribution is -2.16. The molecule has 0 atom stereocenters. The standard InChI is InChI=1S/C21H18N4O3S/c1-13-3-5-15(6-4-13)19-11-24-17(12-29-21(24)23-19)10-20(26)22-18-8-7-16(25(27)28)9-14(18)2/h3-9,11-12H,10H2,1-2H3,(H,22,26). The van der Waals surface area contributed by atoms with Gasteiger partial charge >= 0.3 is 0 Å². The summed E-state index contributed by atoms with van der Waals surface area (Å²) in [6.07, 6.45) is 2.12. The van der Waals surface area contributed by atoms with Crippen molar-refractivity contribution in [3.8, 4) is 11.3 Å². The van der Waals surface area contributed by atoms with E-state index < -0.39 is 4.92 Å². The minimum atomic E-state index is -0.453. The first-order chi connectivity index (χ1) is 13.9. The molecule has 1 N–H and O–H groups in total. The van der Waals surface area contributed by atoms with Gasteiger partial charge in [0, 0.05) is 40.7 Å². The zero-order valence-corrected chi connectivity index (χ0v) is 16.7. The summed E-state index contributed by atoms with van der Waals surface area (Å²) in [6, 6.07) is 12.5. The monoisotopic (exact) mass is 406 g/mol. The number of carbonyl (C=O) groups is 1. The van der Waals surface area contributed by atoms with Gasteiger partial charge in [0.25, 0.3) is 5.69 Å². The molecule has 0 saturated heterocycles. The highest BCUT2D eigenvalue weighted by molar-refractivity contribution is 7.15. The molecule has 0 radical (unpaired) electrons. The number of carbonyl (C=O) groups excluding carboxylic acids is 1. The molecule has 2 aromatic heterocycles. The molecule has 8 heteroatoms. The first kappa shape index (κ1) is 18.8. The van der Waals surface area contributed by atoms with Crippen LogP contribution >= 0.6 is 11.3 Å². The maximum absolute atomic E-state index is 12.5. The van der Waals surface area contributed by atoms with E-state index in [2.05, 4.69) is 10.3 Å². The van der Waals surface area contributed by atoms with Crippen LogP contribution in [0.25, 0.3) is 16.2 Å². The van der Waals surface area contributed by atoms with E-state index in [1.54, 1.807) is 13.0 Å². The van der Waals surface area contributed by atoms with Crippen molar-refractivity contribution < 1.29 is 9.72 Å². The van der Waals surface area contributed by atoms with Crippen LogP contribution in [0.4, 0.5) is 11.4 Å². The molecule has 29 heavy (non-hydrogen) atoms. The Balaban J connectivity index is 1.52. The number of hydrogen-bond donors (Lipinski definition) is 1. The Morgan fingerprint density at radius 2 is 1.97 bits per heavy atom. The van der Waals surface area contributed by atoms with Gasteiger partial charge in [0.2, 0.25) is 5.91 Å². The second-order valence-electron chi connectivity index (χ2n) is 6.85. The molecule has 1 amide bonds. The third-order valence-corrected chi connectivity index (χ3v) is 5.56. The third-order valence-electron chi connectivity index (χ3n) is 4.67. The summed E-state index contributed by atoms with van der Waals surface area (Å²) in [5, 5.41) is 15.6. The summed E-state index contributed by atoms with van der Waals surface area (Å²) in [7, 11) is 0. The number of non-ortho nitro benzene ring substituents is 1. The van der Waals surface area contributed by atoms with Crippen LogP contribution in [0.5, 0.6) is 0 Å². The summed E-state index contributed by atoms with van der Waals surface area (Å²) >= 11 is 1.49. The number of benzene rings is 2. The van der Waals surface area contributed by atoms with Crippen LogP contribution in [0.2, 0.25) is 0 Å². The number of amides is 1. The Bertz CT molecular complexity index is 1220. The van der Waals surface area contributed by atoms with E-state index in [1.807, 2.05) is 47.2 Å². The van der Waals surface area contributed by atoms with Gasteiger partial charge in [-0.3, -0.25) is 19.3 Å². The summed E-state index contributed by atoms with van der Waals surface area (Å²) in [4.78, 5) is 28.4. The van der Waals surface area contributed by atoms with Crippen molar-refractivity contribution in [2.75, 3.05) is 5.32 Å². The van der Waals surface area contributed by atoms with Crippen molar-refractivity contribution in [2.24, 2.45) is 0 Å². The molecule has 2 aromatic carbocycles. The summed E-state index contributed by atoms with van der Waals surface area (Å²) < 4.78 is 1.93. The van der Waals surface area contributed by atoms with E-state index in [9.17, 15) is 14.9 Å². The van der Waals surface area contributed by atoms with Crippen molar-refractivity contribution >= 4 is 33.6 Å². The van der Waals surface area contributed by atoms with E-state index in [1.165, 1.54) is 29.0 Å². The van der Waals surface area contributed by atoms with Gasteiger partial charge < -0.3 is 5.32 Å². The molecule has 0 aliphatic rings. The van der Waals surface area contributed by atoms with Gasteiger partial charge in [-0.05, 0) is 25.5 Å². The number of nitrogens with one attached hydrogen (secondary N) is 1. The summed E-state index contributed by atoms with van der Waals surface area (Å²) in [5.41, 5.74) is 5.14. The molecule has 0 bridgehead atoms. The highest BCUT2D eigenvalue weighted by atomic mass is 32.1. The van der Waals surface area contributed by atoms with E-state index in [0.717, 1.165) is 21.9 Å². The van der Waals surface area contributed by atoms with Crippen molar-refractivity contribution in [3.63, 3.8) is 0 Å². The van der Waals surface area contributed by atoms with Crippen LogP contribution < -0.4 is 5.32 Å². The lowest BCUT2D eigenvalue weighted by molar-refractivity contribution is -0.384. The van der Waals surface area contributed by atoms with Gasteiger partial charge in [-0.1, -0.05) is 29.8 Å². The molecule has 7 nitrogen and oxygen atoms in total. The number of anilines is 1. The normalized spacial score (nSPS) is 11.0. The molecule has 146 valence electrons. The number of aromatic nitrogens is 2. The first-order valence-electron chi connectivity index (χ1n) is 8.98. The van der Waals surface area contributed by atoms with Gasteiger partial charge in [0.15, 0.2) is 4.96 Å². The van der Waals surface area contributed by atoms with Gasteiger partial charge in [0.05, 0.1) is 17.0 Å². The van der Waals surface area contributed by atoms with Gasteiger partial charge in [0.1, 0.15) is 0 Å². The van der Waals surface area contributed by atoms with Gasteiger partial charge in [-0.25, -0.2) is 4.98 Å². The van der Waals surface area contributed by atoms with E-state index in [-0.39, 0.29) is 18.0 Å². The number of nitro groups is 1. The fourth-order valence-corrected chi connectivity index (χ4v) is 3.95. The number of nitrogens with zero attached hydrogens (tertiary/aromatic N) is 3. The predicted octanol–water partition coefficient (Wildman–Crippen LogP) is 4.77. The largest absolute Gasteiger partial charge is 0.326 e. The molecular weight excluding hydrogens is 388 g/mol. The number of thiazole rings is 1. The number of hydrogen-bond acceptors (Lipinski definition) is 5. The summed E-state index contributed by atoms with van der Waals surface area (Å²) in [5.74, 6) is -0.188. The third kappa shape index (κ3) is 3.88. The Labute approximate surface area is 170 Å². The maximum atomic E-state index is 12.5. The van der Waals surface area contributed by atoms with Crippen molar-refractivity contribution in [1.82, 2.24) is 9.38 Å². The van der Waals surface area contributed by atoms with E-state index >= 15 is 0 Å². The van der Waals surface area contributed by atoms with Gasteiger partial charge in [-0.15, -0.1) is 11.3 Å². The Morgan fingerprint density at radius 3 is 2.66 bits per heavy atom. The van der Waals surface area contributed by atoms with Crippen molar-refractivity contribution in [3.05, 3.63) is 81.0 Å². The number of nitro benzene ring substituents is 1. The minimum Gasteiger partial charge on any atom is -0.326 e. The predicted molar refractivity (Wildman–Crippen MR) is 113 cm³/mol. The first-order valence-corrected chi connectivity index (χ1v) is 9.86. The highest BCUT2D eigenvalue weighted by Crippen LogP contribution is 2.25. The SMILES string of the molecule is Cc1ccc(-c2cn3c(CC(=O)Nc4ccc([N+](=O)[O-])cc4C)csc3n2)cc1. The number of aryl methyl sites for hydroxylation is 2. The minimum absolute atomic E-state index is 0.00194. The lowest BCUT2D eigenvalue weighted by atomic mass is 10.1. The van der Waals surface area contributed by atoms with Gasteiger partial charge in [-0.2, -0.15) is 0 Å². The zero-order chi connectivity index (χ0) is 20.5. The second kappa shape index (κ2) is 7.48. The fraction of sp³-hybridized carbons (Fsp3) is 0.143. The average molecular weight is 406 g/mol. The molecule has 4 rings (SSSR count). The van der Waals surface area contributed by atoms with Crippen LogP contribution in [0, 0.1) is 24.0 Å². The molecular formula is C21H18N4O3S. The zero-order valence-electron chi connectivity index (χ0n) is 15.9. The Hall–Kier alpha value is -3.52. The van der Waals surface area contributed by atoms with Crippen LogP contribution in [-0.4, -0.2) is 20.2 Å². The van der Waals surface area contributed by atoms with Crippen molar-refractivity contribution in [1.29, 1.82) is 0 Å². The molecule has 4 aromatic rings. The molecule has 0 unspecified atom stereocenters.